The smallest absolute Gasteiger partial charge is 0 e. The molecule has 1 aromatic carbocycles. The number of benzene rings is 1. The molecule has 2 heteroatoms. The normalized spacial score (nSPS) is 7.86. The molecule has 0 saturated heterocycles. The molecule has 0 spiro atoms. The number of hydrogen-bond donors (Lipinski definition) is 0. The van der Waals surface area contributed by atoms with Gasteiger partial charge in [-0.3, -0.25) is 0 Å². The molecule has 0 aliphatic carbocycles. The van der Waals surface area contributed by atoms with E-state index in [0.29, 0.717) is 6.42 Å². The van der Waals surface area contributed by atoms with Gasteiger partial charge in [0.1, 0.15) is 0 Å². The van der Waals surface area contributed by atoms with Crippen LogP contribution in [0, 0.1) is 13.8 Å². The SMILES string of the molecule is [CH2-]C.[CH2-]C(=O)CCc1ccccc1.[Y]. The summed E-state index contributed by atoms with van der Waals surface area (Å²) in [5.41, 5.74) is 1.20. The summed E-state index contributed by atoms with van der Waals surface area (Å²) in [5, 5.41) is 0. The minimum Gasteiger partial charge on any atom is -0.346 e. The summed E-state index contributed by atoms with van der Waals surface area (Å²) in [6.45, 7) is 8.31. The zero-order valence-electron chi connectivity index (χ0n) is 8.70. The van der Waals surface area contributed by atoms with Crippen LogP contribution >= 0.6 is 0 Å². The van der Waals surface area contributed by atoms with Crippen molar-refractivity contribution < 1.29 is 37.5 Å². The number of carbonyl (C=O) groups is 1. The average Bonchev–Trinajstić information content (AvgIpc) is 2.19. The van der Waals surface area contributed by atoms with Crippen molar-refractivity contribution in [1.29, 1.82) is 0 Å². The third-order valence-electron chi connectivity index (χ3n) is 1.54. The van der Waals surface area contributed by atoms with Crippen molar-refractivity contribution in [3.63, 3.8) is 0 Å². The van der Waals surface area contributed by atoms with Gasteiger partial charge in [0.05, 0.1) is 0 Å². The van der Waals surface area contributed by atoms with Crippen molar-refractivity contribution in [3.05, 3.63) is 49.7 Å². The molecule has 0 amide bonds. The minimum absolute atomic E-state index is 0. The van der Waals surface area contributed by atoms with Crippen LogP contribution in [0.5, 0.6) is 0 Å². The Bertz CT molecular complexity index is 231. The van der Waals surface area contributed by atoms with Crippen LogP contribution < -0.4 is 0 Å². The second kappa shape index (κ2) is 10.9. The maximum atomic E-state index is 10.5. The minimum atomic E-state index is 0. The Kier molecular flexibility index (Phi) is 12.7. The van der Waals surface area contributed by atoms with Gasteiger partial charge in [0.2, 0.25) is 0 Å². The van der Waals surface area contributed by atoms with Crippen LogP contribution in [0.25, 0.3) is 0 Å². The van der Waals surface area contributed by atoms with Gasteiger partial charge in [-0.25, -0.2) is 0 Å². The summed E-state index contributed by atoms with van der Waals surface area (Å²) in [4.78, 5) is 10.5. The first kappa shape index (κ1) is 16.3. The summed E-state index contributed by atoms with van der Waals surface area (Å²) < 4.78 is 0. The Balaban J connectivity index is 0. The first-order chi connectivity index (χ1) is 6.29. The Hall–Kier alpha value is -0.136. The largest absolute Gasteiger partial charge is 0.346 e. The summed E-state index contributed by atoms with van der Waals surface area (Å²) in [7, 11) is 0. The van der Waals surface area contributed by atoms with Gasteiger partial charge in [-0.2, -0.15) is 6.92 Å². The number of Topliss-reactive ketones (excluding diaryl/α,β-unsaturated/α-hetero) is 1. The molecule has 0 bridgehead atoms. The average molecular weight is 265 g/mol. The van der Waals surface area contributed by atoms with Crippen LogP contribution in [-0.4, -0.2) is 5.78 Å². The van der Waals surface area contributed by atoms with Crippen molar-refractivity contribution in [2.24, 2.45) is 0 Å². The molecule has 0 aromatic heterocycles. The van der Waals surface area contributed by atoms with E-state index in [1.165, 1.54) is 5.56 Å². The Morgan fingerprint density at radius 3 is 2.14 bits per heavy atom. The van der Waals surface area contributed by atoms with Gasteiger partial charge in [0.15, 0.2) is 0 Å². The second-order valence-electron chi connectivity index (χ2n) is 2.52. The fourth-order valence-corrected chi connectivity index (χ4v) is 0.928. The first-order valence-corrected chi connectivity index (χ1v) is 4.38. The van der Waals surface area contributed by atoms with Crippen molar-refractivity contribution in [3.8, 4) is 0 Å². The van der Waals surface area contributed by atoms with E-state index in [4.69, 9.17) is 0 Å². The molecule has 0 atom stereocenters. The Morgan fingerprint density at radius 2 is 1.71 bits per heavy atom. The predicted octanol–water partition coefficient (Wildman–Crippen LogP) is 2.86. The molecule has 0 heterocycles. The summed E-state index contributed by atoms with van der Waals surface area (Å²) in [6, 6.07) is 9.95. The maximum absolute atomic E-state index is 10.5. The van der Waals surface area contributed by atoms with Crippen LogP contribution in [0.2, 0.25) is 0 Å². The monoisotopic (exact) mass is 265 g/mol. The zero-order chi connectivity index (χ0) is 10.1. The quantitative estimate of drug-likeness (QED) is 0.768. The third kappa shape index (κ3) is 8.46. The van der Waals surface area contributed by atoms with Gasteiger partial charge in [-0.05, 0) is 24.2 Å². The number of hydrogen-bond acceptors (Lipinski definition) is 1. The topological polar surface area (TPSA) is 17.1 Å². The van der Waals surface area contributed by atoms with E-state index in [1.807, 2.05) is 30.3 Å². The summed E-state index contributed by atoms with van der Waals surface area (Å²) in [5.74, 6) is 0.00820. The number of ketones is 1. The molecule has 14 heavy (non-hydrogen) atoms. The van der Waals surface area contributed by atoms with Crippen LogP contribution in [0.4, 0.5) is 0 Å². The first-order valence-electron chi connectivity index (χ1n) is 4.38. The van der Waals surface area contributed by atoms with Gasteiger partial charge < -0.3 is 18.6 Å². The number of rotatable bonds is 3. The molecule has 1 rings (SSSR count). The molecule has 1 radical (unpaired) electrons. The predicted molar refractivity (Wildman–Crippen MR) is 56.2 cm³/mol. The van der Waals surface area contributed by atoms with Crippen molar-refractivity contribution in [2.75, 3.05) is 0 Å². The van der Waals surface area contributed by atoms with E-state index in [0.717, 1.165) is 6.42 Å². The second-order valence-corrected chi connectivity index (χ2v) is 2.52. The van der Waals surface area contributed by atoms with Crippen LogP contribution in [0.3, 0.4) is 0 Å². The van der Waals surface area contributed by atoms with Crippen LogP contribution in [0.1, 0.15) is 18.9 Å². The summed E-state index contributed by atoms with van der Waals surface area (Å²) >= 11 is 0. The standard InChI is InChI=1S/C10H11O.C2H5.Y/c1-9(11)7-8-10-5-3-2-4-6-10;1-2;/h2-6H,1,7-8H2;1H2,2H3;/q2*-1;. The van der Waals surface area contributed by atoms with Gasteiger partial charge >= 0.3 is 0 Å². The van der Waals surface area contributed by atoms with Gasteiger partial charge in [0.25, 0.3) is 0 Å². The fourth-order valence-electron chi connectivity index (χ4n) is 0.928. The molecule has 1 aromatic rings. The molecule has 0 fully saturated rings. The van der Waals surface area contributed by atoms with Crippen LogP contribution in [0.15, 0.2) is 30.3 Å². The van der Waals surface area contributed by atoms with Gasteiger partial charge in [-0.15, -0.1) is 0 Å². The zero-order valence-corrected chi connectivity index (χ0v) is 11.5. The van der Waals surface area contributed by atoms with Gasteiger partial charge in [0, 0.05) is 32.7 Å². The van der Waals surface area contributed by atoms with Crippen LogP contribution in [-0.2, 0) is 43.9 Å². The molecule has 0 N–H and O–H groups in total. The van der Waals surface area contributed by atoms with E-state index >= 15 is 0 Å². The fraction of sp³-hybridized carbons (Fsp3) is 0.250. The molecular weight excluding hydrogens is 249 g/mol. The number of aryl methyl sites for hydroxylation is 1. The van der Waals surface area contributed by atoms with E-state index in [2.05, 4.69) is 13.8 Å². The molecule has 1 nitrogen and oxygen atoms in total. The molecular formula is C12H16OY-2. The molecule has 0 aliphatic rings. The van der Waals surface area contributed by atoms with Crippen molar-refractivity contribution >= 4 is 5.78 Å². The van der Waals surface area contributed by atoms with E-state index in [9.17, 15) is 4.79 Å². The molecule has 0 aliphatic heterocycles. The third-order valence-corrected chi connectivity index (χ3v) is 1.54. The summed E-state index contributed by atoms with van der Waals surface area (Å²) in [6.07, 6.45) is 1.35. The number of carbonyl (C=O) groups excluding carboxylic acids is 1. The van der Waals surface area contributed by atoms with E-state index in [-0.39, 0.29) is 38.5 Å². The van der Waals surface area contributed by atoms with E-state index < -0.39 is 0 Å². The van der Waals surface area contributed by atoms with Gasteiger partial charge in [-0.1, -0.05) is 30.3 Å². The molecule has 75 valence electrons. The Morgan fingerprint density at radius 1 is 1.21 bits per heavy atom. The van der Waals surface area contributed by atoms with Crippen molar-refractivity contribution in [2.45, 2.75) is 19.8 Å². The molecule has 0 unspecified atom stereocenters. The van der Waals surface area contributed by atoms with Crippen molar-refractivity contribution in [1.82, 2.24) is 0 Å². The van der Waals surface area contributed by atoms with E-state index in [1.54, 1.807) is 6.92 Å². The molecule has 0 saturated carbocycles. The maximum Gasteiger partial charge on any atom is 0 e. The Labute approximate surface area is 112 Å².